The molecule has 1 heteroatoms. The summed E-state index contributed by atoms with van der Waals surface area (Å²) in [6.45, 7) is 7.21. The van der Waals surface area contributed by atoms with Crippen LogP contribution < -0.4 is 0 Å². The molecule has 72 valence electrons. The van der Waals surface area contributed by atoms with Gasteiger partial charge >= 0.3 is 0 Å². The minimum atomic E-state index is 0.386. The van der Waals surface area contributed by atoms with Crippen molar-refractivity contribution in [2.24, 2.45) is 5.92 Å². The van der Waals surface area contributed by atoms with E-state index in [9.17, 15) is 0 Å². The van der Waals surface area contributed by atoms with Gasteiger partial charge in [0.25, 0.3) is 0 Å². The Balaban J connectivity index is 2.13. The third-order valence-electron chi connectivity index (χ3n) is 3.01. The molecule has 1 unspecified atom stereocenters. The van der Waals surface area contributed by atoms with Crippen molar-refractivity contribution in [1.29, 1.82) is 0 Å². The van der Waals surface area contributed by atoms with Crippen molar-refractivity contribution in [3.63, 3.8) is 0 Å². The quantitative estimate of drug-likeness (QED) is 0.580. The molecule has 0 heterocycles. The van der Waals surface area contributed by atoms with E-state index < -0.39 is 0 Å². The Hall–Kier alpha value is 0.430. The zero-order valence-electron chi connectivity index (χ0n) is 8.84. The molecule has 1 fully saturated rings. The monoisotopic (exact) mass is 186 g/mol. The Bertz CT molecular complexity index is 114. The number of rotatable bonds is 4. The molecule has 1 aliphatic rings. The van der Waals surface area contributed by atoms with Crippen molar-refractivity contribution in [2.75, 3.05) is 12.8 Å². The van der Waals surface area contributed by atoms with Crippen LogP contribution in [0.15, 0.2) is 0 Å². The van der Waals surface area contributed by atoms with E-state index in [0.717, 1.165) is 11.6 Å². The zero-order chi connectivity index (χ0) is 8.97. The summed E-state index contributed by atoms with van der Waals surface area (Å²) >= 11 is 0. The molecule has 0 radical (unpaired) electrons. The molecule has 12 heavy (non-hydrogen) atoms. The standard InChI is InChI=1S/C11H23P/c1-10(2)8-9-12(3)11-6-4-5-7-11/h10-11H,4-9H2,1-3H3. The maximum Gasteiger partial charge on any atom is -0.0212 e. The highest BCUT2D eigenvalue weighted by molar-refractivity contribution is 7.57. The lowest BCUT2D eigenvalue weighted by Crippen LogP contribution is -2.02. The zero-order valence-corrected chi connectivity index (χ0v) is 9.74. The summed E-state index contributed by atoms with van der Waals surface area (Å²) in [7, 11) is 0.386. The summed E-state index contributed by atoms with van der Waals surface area (Å²) in [5.41, 5.74) is 1.14. The van der Waals surface area contributed by atoms with Gasteiger partial charge in [-0.25, -0.2) is 0 Å². The first-order valence-corrected chi connectivity index (χ1v) is 7.44. The first-order chi connectivity index (χ1) is 5.70. The maximum absolute atomic E-state index is 2.52. The average molecular weight is 186 g/mol. The SMILES string of the molecule is CC(C)CCP(C)C1CCCC1. The fourth-order valence-corrected chi connectivity index (χ4v) is 4.52. The molecule has 0 bridgehead atoms. The summed E-state index contributed by atoms with van der Waals surface area (Å²) in [5, 5.41) is 0. The lowest BCUT2D eigenvalue weighted by molar-refractivity contribution is 0.628. The molecular formula is C11H23P. The number of hydrogen-bond donors (Lipinski definition) is 0. The largest absolute Gasteiger partial charge is 0.107 e. The Kier molecular flexibility index (Phi) is 4.57. The highest BCUT2D eigenvalue weighted by Gasteiger charge is 2.20. The molecule has 0 spiro atoms. The molecule has 0 aromatic rings. The molecule has 0 aromatic carbocycles. The fourth-order valence-electron chi connectivity index (χ4n) is 1.99. The van der Waals surface area contributed by atoms with Crippen LogP contribution in [0.3, 0.4) is 0 Å². The van der Waals surface area contributed by atoms with E-state index >= 15 is 0 Å². The predicted molar refractivity (Wildman–Crippen MR) is 59.4 cm³/mol. The van der Waals surface area contributed by atoms with E-state index in [0.29, 0.717) is 7.92 Å². The van der Waals surface area contributed by atoms with Gasteiger partial charge in [0.05, 0.1) is 0 Å². The molecule has 0 aromatic heterocycles. The maximum atomic E-state index is 2.52. The van der Waals surface area contributed by atoms with Crippen molar-refractivity contribution in [3.05, 3.63) is 0 Å². The summed E-state index contributed by atoms with van der Waals surface area (Å²) in [6.07, 6.45) is 9.09. The van der Waals surface area contributed by atoms with Crippen molar-refractivity contribution in [1.82, 2.24) is 0 Å². The van der Waals surface area contributed by atoms with Crippen LogP contribution in [0, 0.1) is 5.92 Å². The lowest BCUT2D eigenvalue weighted by Gasteiger charge is -2.20. The van der Waals surface area contributed by atoms with E-state index in [1.54, 1.807) is 12.8 Å². The minimum Gasteiger partial charge on any atom is -0.107 e. The molecule has 0 nitrogen and oxygen atoms in total. The molecule has 1 aliphatic carbocycles. The van der Waals surface area contributed by atoms with Gasteiger partial charge in [0.15, 0.2) is 0 Å². The fraction of sp³-hybridized carbons (Fsp3) is 1.00. The Morgan fingerprint density at radius 3 is 2.33 bits per heavy atom. The highest BCUT2D eigenvalue weighted by Crippen LogP contribution is 2.46. The first kappa shape index (κ1) is 10.5. The van der Waals surface area contributed by atoms with Gasteiger partial charge in [0.2, 0.25) is 0 Å². The summed E-state index contributed by atoms with van der Waals surface area (Å²) in [6, 6.07) is 0. The number of hydrogen-bond acceptors (Lipinski definition) is 0. The Morgan fingerprint density at radius 1 is 1.25 bits per heavy atom. The second-order valence-corrected chi connectivity index (χ2v) is 7.29. The molecule has 0 N–H and O–H groups in total. The third kappa shape index (κ3) is 3.44. The van der Waals surface area contributed by atoms with Gasteiger partial charge in [-0.2, -0.15) is 0 Å². The van der Waals surface area contributed by atoms with Crippen LogP contribution in [0.4, 0.5) is 0 Å². The second kappa shape index (κ2) is 5.22. The van der Waals surface area contributed by atoms with E-state index in [1.165, 1.54) is 25.4 Å². The topological polar surface area (TPSA) is 0 Å². The van der Waals surface area contributed by atoms with Gasteiger partial charge in [-0.3, -0.25) is 0 Å². The molecule has 0 amide bonds. The van der Waals surface area contributed by atoms with E-state index in [-0.39, 0.29) is 0 Å². The van der Waals surface area contributed by atoms with Crippen LogP contribution in [-0.2, 0) is 0 Å². The average Bonchev–Trinajstić information content (AvgIpc) is 2.51. The van der Waals surface area contributed by atoms with Crippen LogP contribution in [-0.4, -0.2) is 18.5 Å². The summed E-state index contributed by atoms with van der Waals surface area (Å²) in [5.74, 6) is 0.913. The van der Waals surface area contributed by atoms with Gasteiger partial charge in [-0.05, 0) is 43.7 Å². The summed E-state index contributed by atoms with van der Waals surface area (Å²) in [4.78, 5) is 0. The summed E-state index contributed by atoms with van der Waals surface area (Å²) < 4.78 is 0. The highest BCUT2D eigenvalue weighted by atomic mass is 31.1. The lowest BCUT2D eigenvalue weighted by atomic mass is 10.2. The molecule has 1 atom stereocenters. The van der Waals surface area contributed by atoms with Gasteiger partial charge in [-0.15, -0.1) is 7.92 Å². The molecule has 0 aliphatic heterocycles. The van der Waals surface area contributed by atoms with Gasteiger partial charge < -0.3 is 0 Å². The van der Waals surface area contributed by atoms with Gasteiger partial charge in [-0.1, -0.05) is 26.7 Å². The van der Waals surface area contributed by atoms with E-state index in [2.05, 4.69) is 20.5 Å². The van der Waals surface area contributed by atoms with E-state index in [1.807, 2.05) is 0 Å². The van der Waals surface area contributed by atoms with Crippen molar-refractivity contribution >= 4 is 7.92 Å². The minimum absolute atomic E-state index is 0.386. The normalized spacial score (nSPS) is 22.0. The van der Waals surface area contributed by atoms with Crippen molar-refractivity contribution in [3.8, 4) is 0 Å². The molecule has 0 saturated heterocycles. The van der Waals surface area contributed by atoms with Crippen molar-refractivity contribution in [2.45, 2.75) is 51.6 Å². The first-order valence-electron chi connectivity index (χ1n) is 5.40. The smallest absolute Gasteiger partial charge is 0.0212 e. The van der Waals surface area contributed by atoms with Crippen LogP contribution in [0.1, 0.15) is 46.0 Å². The van der Waals surface area contributed by atoms with Gasteiger partial charge in [0.1, 0.15) is 0 Å². The van der Waals surface area contributed by atoms with Crippen LogP contribution in [0.25, 0.3) is 0 Å². The second-order valence-electron chi connectivity index (χ2n) is 4.60. The molecule has 1 saturated carbocycles. The molecule has 1 rings (SSSR count). The predicted octanol–water partition coefficient (Wildman–Crippen LogP) is 4.09. The van der Waals surface area contributed by atoms with Crippen LogP contribution in [0.5, 0.6) is 0 Å². The molecular weight excluding hydrogens is 163 g/mol. The van der Waals surface area contributed by atoms with Crippen LogP contribution >= 0.6 is 7.92 Å². The van der Waals surface area contributed by atoms with Gasteiger partial charge in [0, 0.05) is 0 Å². The third-order valence-corrected chi connectivity index (χ3v) is 5.73. The Morgan fingerprint density at radius 2 is 1.83 bits per heavy atom. The van der Waals surface area contributed by atoms with Crippen molar-refractivity contribution < 1.29 is 0 Å². The van der Waals surface area contributed by atoms with E-state index in [4.69, 9.17) is 0 Å². The Labute approximate surface area is 78.9 Å². The van der Waals surface area contributed by atoms with Crippen LogP contribution in [0.2, 0.25) is 0 Å².